The van der Waals surface area contributed by atoms with Crippen molar-refractivity contribution in [2.45, 2.75) is 17.7 Å². The van der Waals surface area contributed by atoms with Gasteiger partial charge in [0.2, 0.25) is 0 Å². The first kappa shape index (κ1) is 15.9. The number of nitrogens with one attached hydrogen (secondary N) is 1. The number of carbonyl (C=O) groups excluding carboxylic acids is 2. The Morgan fingerprint density at radius 1 is 1.29 bits per heavy atom. The lowest BCUT2D eigenvalue weighted by atomic mass is 10.1. The molecule has 5 nitrogen and oxygen atoms in total. The maximum Gasteiger partial charge on any atom is 0.315 e. The summed E-state index contributed by atoms with van der Waals surface area (Å²) in [7, 11) is 1.55. The smallest absolute Gasteiger partial charge is 0.315 e. The Bertz CT molecular complexity index is 559. The SMILES string of the molecule is COc1ccc(NC(=O)COC(=O)[C@@]2(C)CC2(Cl)Cl)cc1. The van der Waals surface area contributed by atoms with Crippen LogP contribution in [0.4, 0.5) is 5.69 Å². The Morgan fingerprint density at radius 3 is 2.33 bits per heavy atom. The number of hydrogen-bond acceptors (Lipinski definition) is 4. The Morgan fingerprint density at radius 2 is 1.86 bits per heavy atom. The molecule has 114 valence electrons. The number of benzene rings is 1. The third-order valence-corrected chi connectivity index (χ3v) is 4.52. The predicted octanol–water partition coefficient (Wildman–Crippen LogP) is 2.76. The molecule has 1 aromatic carbocycles. The zero-order valence-electron chi connectivity index (χ0n) is 11.6. The summed E-state index contributed by atoms with van der Waals surface area (Å²) in [4.78, 5) is 23.5. The van der Waals surface area contributed by atoms with Crippen molar-refractivity contribution in [3.05, 3.63) is 24.3 Å². The van der Waals surface area contributed by atoms with Crippen LogP contribution >= 0.6 is 23.2 Å². The van der Waals surface area contributed by atoms with E-state index in [1.165, 1.54) is 0 Å². The second-order valence-electron chi connectivity index (χ2n) is 5.07. The van der Waals surface area contributed by atoms with E-state index in [1.54, 1.807) is 38.3 Å². The highest BCUT2D eigenvalue weighted by Crippen LogP contribution is 2.64. The Balaban J connectivity index is 1.81. The fourth-order valence-corrected chi connectivity index (χ4v) is 2.47. The predicted molar refractivity (Wildman–Crippen MR) is 79.7 cm³/mol. The molecule has 1 aliphatic rings. The van der Waals surface area contributed by atoms with Gasteiger partial charge in [-0.25, -0.2) is 0 Å². The van der Waals surface area contributed by atoms with Crippen LogP contribution in [0.25, 0.3) is 0 Å². The zero-order valence-corrected chi connectivity index (χ0v) is 13.1. The topological polar surface area (TPSA) is 64.6 Å². The summed E-state index contributed by atoms with van der Waals surface area (Å²) < 4.78 is 8.85. The number of halogens is 2. The van der Waals surface area contributed by atoms with Crippen LogP contribution in [0, 0.1) is 5.41 Å². The van der Waals surface area contributed by atoms with Gasteiger partial charge in [-0.2, -0.15) is 0 Å². The fourth-order valence-electron chi connectivity index (χ4n) is 1.78. The van der Waals surface area contributed by atoms with Crippen LogP contribution in [-0.4, -0.2) is 29.9 Å². The summed E-state index contributed by atoms with van der Waals surface area (Å²) in [5.41, 5.74) is -0.352. The van der Waals surface area contributed by atoms with Crippen molar-refractivity contribution in [1.29, 1.82) is 0 Å². The molecule has 0 saturated heterocycles. The highest BCUT2D eigenvalue weighted by atomic mass is 35.5. The summed E-state index contributed by atoms with van der Waals surface area (Å²) in [6.07, 6.45) is 0.321. The van der Waals surface area contributed by atoms with E-state index in [4.69, 9.17) is 32.7 Å². The Hall–Kier alpha value is -1.46. The minimum absolute atomic E-state index is 0.321. The first-order valence-corrected chi connectivity index (χ1v) is 7.03. The minimum Gasteiger partial charge on any atom is -0.497 e. The minimum atomic E-state index is -1.10. The van der Waals surface area contributed by atoms with Crippen molar-refractivity contribution in [3.8, 4) is 5.75 Å². The Labute approximate surface area is 132 Å². The van der Waals surface area contributed by atoms with Crippen molar-refractivity contribution in [1.82, 2.24) is 0 Å². The third-order valence-electron chi connectivity index (χ3n) is 3.42. The van der Waals surface area contributed by atoms with Gasteiger partial charge in [-0.3, -0.25) is 9.59 Å². The number of hydrogen-bond donors (Lipinski definition) is 1. The molecule has 1 aromatic rings. The third kappa shape index (κ3) is 3.41. The van der Waals surface area contributed by atoms with Crippen LogP contribution in [-0.2, 0) is 14.3 Å². The summed E-state index contributed by atoms with van der Waals surface area (Å²) in [5, 5.41) is 2.60. The van der Waals surface area contributed by atoms with E-state index in [0.29, 0.717) is 17.9 Å². The van der Waals surface area contributed by atoms with Gasteiger partial charge in [0.05, 0.1) is 7.11 Å². The van der Waals surface area contributed by atoms with Gasteiger partial charge in [-0.15, -0.1) is 23.2 Å². The molecule has 0 heterocycles. The summed E-state index contributed by atoms with van der Waals surface area (Å²) in [5.74, 6) is -0.327. The molecule has 0 radical (unpaired) electrons. The molecule has 1 N–H and O–H groups in total. The van der Waals surface area contributed by atoms with Crippen LogP contribution in [0.15, 0.2) is 24.3 Å². The average Bonchev–Trinajstić information content (AvgIpc) is 2.97. The van der Waals surface area contributed by atoms with Crippen LogP contribution < -0.4 is 10.1 Å². The van der Waals surface area contributed by atoms with Crippen LogP contribution in [0.3, 0.4) is 0 Å². The number of alkyl halides is 2. The second-order valence-corrected chi connectivity index (χ2v) is 6.55. The van der Waals surface area contributed by atoms with E-state index in [-0.39, 0.29) is 6.61 Å². The molecule has 1 atom stereocenters. The number of carbonyl (C=O) groups is 2. The van der Waals surface area contributed by atoms with Crippen molar-refractivity contribution in [2.24, 2.45) is 5.41 Å². The maximum atomic E-state index is 11.8. The molecule has 0 unspecified atom stereocenters. The number of esters is 1. The summed E-state index contributed by atoms with van der Waals surface area (Å²) in [6, 6.07) is 6.79. The molecule has 1 saturated carbocycles. The molecule has 2 rings (SSSR count). The van der Waals surface area contributed by atoms with E-state index in [9.17, 15) is 9.59 Å². The van der Waals surface area contributed by atoms with E-state index in [1.807, 2.05) is 0 Å². The summed E-state index contributed by atoms with van der Waals surface area (Å²) >= 11 is 11.7. The van der Waals surface area contributed by atoms with Gasteiger partial charge in [0.15, 0.2) is 6.61 Å². The molecule has 1 aliphatic carbocycles. The normalized spacial score (nSPS) is 22.3. The van der Waals surface area contributed by atoms with Gasteiger partial charge in [0.1, 0.15) is 15.5 Å². The van der Waals surface area contributed by atoms with Gasteiger partial charge >= 0.3 is 5.97 Å². The highest BCUT2D eigenvalue weighted by molar-refractivity contribution is 6.53. The number of anilines is 1. The lowest BCUT2D eigenvalue weighted by Crippen LogP contribution is -2.26. The lowest BCUT2D eigenvalue weighted by molar-refractivity contribution is -0.152. The zero-order chi connectivity index (χ0) is 15.7. The maximum absolute atomic E-state index is 11.8. The van der Waals surface area contributed by atoms with Gasteiger partial charge < -0.3 is 14.8 Å². The number of amides is 1. The molecular formula is C14H15Cl2NO4. The first-order valence-electron chi connectivity index (χ1n) is 6.27. The van der Waals surface area contributed by atoms with Gasteiger partial charge in [-0.05, 0) is 31.2 Å². The van der Waals surface area contributed by atoms with Gasteiger partial charge in [-0.1, -0.05) is 0 Å². The monoisotopic (exact) mass is 331 g/mol. The second kappa shape index (κ2) is 5.73. The standard InChI is InChI=1S/C14H15Cl2NO4/c1-13(8-14(13,15)16)12(19)21-7-11(18)17-9-3-5-10(20-2)6-4-9/h3-6H,7-8H2,1-2H3,(H,17,18)/t13-/m1/s1. The van der Waals surface area contributed by atoms with Crippen molar-refractivity contribution in [3.63, 3.8) is 0 Å². The van der Waals surface area contributed by atoms with E-state index in [2.05, 4.69) is 5.32 Å². The molecule has 1 amide bonds. The van der Waals surface area contributed by atoms with Crippen molar-refractivity contribution >= 4 is 40.8 Å². The summed E-state index contributed by atoms with van der Waals surface area (Å²) in [6.45, 7) is 1.22. The molecule has 7 heteroatoms. The molecule has 21 heavy (non-hydrogen) atoms. The molecule has 0 bridgehead atoms. The molecule has 0 aliphatic heterocycles. The molecule has 1 fully saturated rings. The van der Waals surface area contributed by atoms with Crippen molar-refractivity contribution < 1.29 is 19.1 Å². The van der Waals surface area contributed by atoms with Crippen LogP contribution in [0.5, 0.6) is 5.75 Å². The number of ether oxygens (including phenoxy) is 2. The average molecular weight is 332 g/mol. The van der Waals surface area contributed by atoms with E-state index < -0.39 is 21.6 Å². The first-order chi connectivity index (χ1) is 9.78. The quantitative estimate of drug-likeness (QED) is 0.665. The van der Waals surface area contributed by atoms with Crippen LogP contribution in [0.1, 0.15) is 13.3 Å². The fraction of sp³-hybridized carbons (Fsp3) is 0.429. The van der Waals surface area contributed by atoms with E-state index in [0.717, 1.165) is 0 Å². The number of methoxy groups -OCH3 is 1. The lowest BCUT2D eigenvalue weighted by Gasteiger charge is -2.12. The molecule has 0 aromatic heterocycles. The van der Waals surface area contributed by atoms with Gasteiger partial charge in [0, 0.05) is 12.1 Å². The van der Waals surface area contributed by atoms with Crippen LogP contribution in [0.2, 0.25) is 0 Å². The van der Waals surface area contributed by atoms with Gasteiger partial charge in [0.25, 0.3) is 5.91 Å². The van der Waals surface area contributed by atoms with E-state index >= 15 is 0 Å². The molecule has 0 spiro atoms. The highest BCUT2D eigenvalue weighted by Gasteiger charge is 2.69. The Kier molecular flexibility index (Phi) is 4.35. The van der Waals surface area contributed by atoms with Crippen molar-refractivity contribution in [2.75, 3.05) is 19.0 Å². The molecular weight excluding hydrogens is 317 g/mol. The largest absolute Gasteiger partial charge is 0.497 e. The number of rotatable bonds is 5.